The molecule has 4 aromatic rings. The van der Waals surface area contributed by atoms with Crippen LogP contribution in [0.2, 0.25) is 5.02 Å². The van der Waals surface area contributed by atoms with Crippen molar-refractivity contribution in [2.45, 2.75) is 32.7 Å². The summed E-state index contributed by atoms with van der Waals surface area (Å²) in [6.45, 7) is 3.95. The van der Waals surface area contributed by atoms with Gasteiger partial charge in [-0.3, -0.25) is 9.59 Å². The molecule has 4 rings (SSSR count). The highest BCUT2D eigenvalue weighted by molar-refractivity contribution is 6.36. The fraction of sp³-hybridized carbons (Fsp3) is 0.214. The van der Waals surface area contributed by atoms with Gasteiger partial charge < -0.3 is 15.2 Å². The first kappa shape index (κ1) is 23.6. The van der Waals surface area contributed by atoms with Crippen LogP contribution >= 0.6 is 11.6 Å². The SMILES string of the molecule is Cc1[nH]c2c(C)ccc(Cl)c2c1CC(=O)NC(Cc1ccccc1)C(=O)N(C)c1ccccc1. The van der Waals surface area contributed by atoms with Crippen LogP contribution in [-0.2, 0) is 22.4 Å². The Morgan fingerprint density at radius 2 is 1.62 bits per heavy atom. The number of aryl methyl sites for hydroxylation is 2. The number of carbonyl (C=O) groups is 2. The number of amides is 2. The Morgan fingerprint density at radius 1 is 0.971 bits per heavy atom. The van der Waals surface area contributed by atoms with Crippen LogP contribution in [0.3, 0.4) is 0 Å². The molecule has 0 aliphatic heterocycles. The molecular formula is C28H28ClN3O2. The summed E-state index contributed by atoms with van der Waals surface area (Å²) in [5.74, 6) is -0.398. The van der Waals surface area contributed by atoms with E-state index in [1.54, 1.807) is 11.9 Å². The molecule has 0 spiro atoms. The number of para-hydroxylation sites is 1. The van der Waals surface area contributed by atoms with Crippen molar-refractivity contribution in [2.24, 2.45) is 0 Å². The molecule has 0 fully saturated rings. The predicted molar refractivity (Wildman–Crippen MR) is 138 cm³/mol. The zero-order valence-corrected chi connectivity index (χ0v) is 20.3. The lowest BCUT2D eigenvalue weighted by Gasteiger charge is -2.25. The Hall–Kier alpha value is -3.57. The molecule has 0 saturated heterocycles. The summed E-state index contributed by atoms with van der Waals surface area (Å²) in [6.07, 6.45) is 0.526. The number of nitrogens with zero attached hydrogens (tertiary/aromatic N) is 1. The highest BCUT2D eigenvalue weighted by Crippen LogP contribution is 2.31. The smallest absolute Gasteiger partial charge is 0.249 e. The molecule has 3 aromatic carbocycles. The minimum absolute atomic E-state index is 0.128. The van der Waals surface area contributed by atoms with Crippen LogP contribution in [-0.4, -0.2) is 29.9 Å². The lowest BCUT2D eigenvalue weighted by molar-refractivity contribution is -0.127. The van der Waals surface area contributed by atoms with Gasteiger partial charge in [0.05, 0.1) is 17.0 Å². The van der Waals surface area contributed by atoms with Gasteiger partial charge in [0, 0.05) is 30.2 Å². The Bertz CT molecular complexity index is 1320. The van der Waals surface area contributed by atoms with Crippen LogP contribution in [0.1, 0.15) is 22.4 Å². The van der Waals surface area contributed by atoms with Crippen molar-refractivity contribution < 1.29 is 9.59 Å². The van der Waals surface area contributed by atoms with Crippen LogP contribution in [0, 0.1) is 13.8 Å². The van der Waals surface area contributed by atoms with Crippen LogP contribution < -0.4 is 10.2 Å². The number of halogens is 1. The van der Waals surface area contributed by atoms with Gasteiger partial charge >= 0.3 is 0 Å². The normalized spacial score (nSPS) is 11.9. The fourth-order valence-electron chi connectivity index (χ4n) is 4.28. The maximum Gasteiger partial charge on any atom is 0.249 e. The zero-order valence-electron chi connectivity index (χ0n) is 19.6. The third kappa shape index (κ3) is 5.00. The standard InChI is InChI=1S/C28H28ClN3O2/c1-18-14-15-23(29)26-22(19(2)30-27(18)26)17-25(33)31-24(16-20-10-6-4-7-11-20)28(34)32(3)21-12-8-5-9-13-21/h4-15,24,30H,16-17H2,1-3H3,(H,31,33). The highest BCUT2D eigenvalue weighted by atomic mass is 35.5. The van der Waals surface area contributed by atoms with E-state index in [0.29, 0.717) is 11.4 Å². The number of aromatic nitrogens is 1. The number of rotatable bonds is 7. The van der Waals surface area contributed by atoms with Gasteiger partial charge in [0.2, 0.25) is 11.8 Å². The summed E-state index contributed by atoms with van der Waals surface area (Å²) < 4.78 is 0. The Labute approximate surface area is 204 Å². The fourth-order valence-corrected chi connectivity index (χ4v) is 4.55. The van der Waals surface area contributed by atoms with Crippen molar-refractivity contribution in [3.63, 3.8) is 0 Å². The van der Waals surface area contributed by atoms with Gasteiger partial charge in [-0.15, -0.1) is 0 Å². The van der Waals surface area contributed by atoms with E-state index in [1.807, 2.05) is 86.6 Å². The Kier molecular flexibility index (Phi) is 7.03. The van der Waals surface area contributed by atoms with Gasteiger partial charge in [0.1, 0.15) is 6.04 Å². The molecule has 0 radical (unpaired) electrons. The zero-order chi connectivity index (χ0) is 24.2. The van der Waals surface area contributed by atoms with E-state index in [9.17, 15) is 9.59 Å². The molecule has 0 saturated carbocycles. The number of nitrogens with one attached hydrogen (secondary N) is 2. The minimum atomic E-state index is -0.706. The van der Waals surface area contributed by atoms with Gasteiger partial charge in [-0.25, -0.2) is 0 Å². The van der Waals surface area contributed by atoms with Gasteiger partial charge in [-0.2, -0.15) is 0 Å². The van der Waals surface area contributed by atoms with Gasteiger partial charge in [-0.1, -0.05) is 66.2 Å². The first-order valence-electron chi connectivity index (χ1n) is 11.3. The molecule has 174 valence electrons. The second-order valence-electron chi connectivity index (χ2n) is 8.56. The molecule has 0 bridgehead atoms. The molecule has 34 heavy (non-hydrogen) atoms. The first-order chi connectivity index (χ1) is 16.3. The van der Waals surface area contributed by atoms with Crippen molar-refractivity contribution in [3.05, 3.63) is 100 Å². The highest BCUT2D eigenvalue weighted by Gasteiger charge is 2.26. The van der Waals surface area contributed by atoms with E-state index in [0.717, 1.165) is 39.0 Å². The van der Waals surface area contributed by atoms with Gasteiger partial charge in [0.25, 0.3) is 0 Å². The Morgan fingerprint density at radius 3 is 2.29 bits per heavy atom. The predicted octanol–water partition coefficient (Wildman–Crippen LogP) is 5.37. The number of carbonyl (C=O) groups excluding carboxylic acids is 2. The maximum atomic E-state index is 13.4. The molecule has 1 aromatic heterocycles. The quantitative estimate of drug-likeness (QED) is 0.379. The molecule has 0 aliphatic rings. The lowest BCUT2D eigenvalue weighted by atomic mass is 10.0. The van der Waals surface area contributed by atoms with Crippen molar-refractivity contribution in [1.29, 1.82) is 0 Å². The van der Waals surface area contributed by atoms with Crippen molar-refractivity contribution in [2.75, 3.05) is 11.9 Å². The van der Waals surface area contributed by atoms with E-state index < -0.39 is 6.04 Å². The number of aromatic amines is 1. The minimum Gasteiger partial charge on any atom is -0.358 e. The van der Waals surface area contributed by atoms with Crippen LogP contribution in [0.4, 0.5) is 5.69 Å². The van der Waals surface area contributed by atoms with Gasteiger partial charge in [-0.05, 0) is 48.7 Å². The molecule has 2 N–H and O–H groups in total. The largest absolute Gasteiger partial charge is 0.358 e. The monoisotopic (exact) mass is 473 g/mol. The number of anilines is 1. The second-order valence-corrected chi connectivity index (χ2v) is 8.97. The number of hydrogen-bond acceptors (Lipinski definition) is 2. The van der Waals surface area contributed by atoms with Crippen LogP contribution in [0.15, 0.2) is 72.8 Å². The molecule has 1 heterocycles. The average Bonchev–Trinajstić information content (AvgIpc) is 3.18. The van der Waals surface area contributed by atoms with Crippen LogP contribution in [0.25, 0.3) is 10.9 Å². The topological polar surface area (TPSA) is 65.2 Å². The summed E-state index contributed by atoms with van der Waals surface area (Å²) >= 11 is 6.49. The third-order valence-electron chi connectivity index (χ3n) is 6.16. The number of fused-ring (bicyclic) bond motifs is 1. The second kappa shape index (κ2) is 10.1. The van der Waals surface area contributed by atoms with Crippen molar-refractivity contribution in [1.82, 2.24) is 10.3 Å². The number of hydrogen-bond donors (Lipinski definition) is 2. The van der Waals surface area contributed by atoms with E-state index in [4.69, 9.17) is 11.6 Å². The number of benzene rings is 3. The molecule has 6 heteroatoms. The molecular weight excluding hydrogens is 446 g/mol. The molecule has 2 amide bonds. The maximum absolute atomic E-state index is 13.4. The lowest BCUT2D eigenvalue weighted by Crippen LogP contribution is -2.49. The van der Waals surface area contributed by atoms with Gasteiger partial charge in [0.15, 0.2) is 0 Å². The third-order valence-corrected chi connectivity index (χ3v) is 6.47. The van der Waals surface area contributed by atoms with E-state index in [1.165, 1.54) is 0 Å². The molecule has 1 atom stereocenters. The average molecular weight is 474 g/mol. The molecule has 5 nitrogen and oxygen atoms in total. The Balaban J connectivity index is 1.59. The molecule has 1 unspecified atom stereocenters. The summed E-state index contributed by atoms with van der Waals surface area (Å²) in [5, 5.41) is 4.46. The number of likely N-dealkylation sites (N-methyl/N-ethyl adjacent to an activating group) is 1. The summed E-state index contributed by atoms with van der Waals surface area (Å²) in [7, 11) is 1.73. The summed E-state index contributed by atoms with van der Waals surface area (Å²) in [5.41, 5.74) is 5.50. The number of H-pyrrole nitrogens is 1. The van der Waals surface area contributed by atoms with E-state index in [2.05, 4.69) is 10.3 Å². The summed E-state index contributed by atoms with van der Waals surface area (Å²) in [4.78, 5) is 31.6. The van der Waals surface area contributed by atoms with E-state index in [-0.39, 0.29) is 18.2 Å². The first-order valence-corrected chi connectivity index (χ1v) is 11.6. The van der Waals surface area contributed by atoms with Crippen molar-refractivity contribution >= 4 is 40.0 Å². The summed E-state index contributed by atoms with van der Waals surface area (Å²) in [6, 6.07) is 22.2. The van der Waals surface area contributed by atoms with Crippen LogP contribution in [0.5, 0.6) is 0 Å². The van der Waals surface area contributed by atoms with Crippen molar-refractivity contribution in [3.8, 4) is 0 Å². The molecule has 0 aliphatic carbocycles. The van der Waals surface area contributed by atoms with E-state index >= 15 is 0 Å².